The van der Waals surface area contributed by atoms with Crippen molar-refractivity contribution in [1.82, 2.24) is 0 Å². The van der Waals surface area contributed by atoms with Crippen molar-refractivity contribution in [1.29, 1.82) is 0 Å². The van der Waals surface area contributed by atoms with E-state index in [1.165, 1.54) is 24.1 Å². The molecule has 0 aliphatic carbocycles. The van der Waals surface area contributed by atoms with E-state index in [2.05, 4.69) is 0 Å². The second kappa shape index (κ2) is 5.85. The van der Waals surface area contributed by atoms with Crippen molar-refractivity contribution >= 4 is 23.4 Å². The Hall–Kier alpha value is -2.27. The lowest BCUT2D eigenvalue weighted by Gasteiger charge is -2.16. The molecule has 1 fully saturated rings. The van der Waals surface area contributed by atoms with Crippen LogP contribution in [-0.2, 0) is 4.74 Å². The number of carbonyl (C=O) groups is 1. The van der Waals surface area contributed by atoms with Gasteiger partial charge in [-0.25, -0.2) is 9.18 Å². The SMILES string of the molecule is COc1ccc(F)cc1-c1ccc(N2CCOC2=O)c(Cl)c1. The maximum absolute atomic E-state index is 13.5. The Morgan fingerprint density at radius 2 is 2.09 bits per heavy atom. The highest BCUT2D eigenvalue weighted by Gasteiger charge is 2.25. The predicted octanol–water partition coefficient (Wildman–Crippen LogP) is 4.11. The molecule has 1 heterocycles. The van der Waals surface area contributed by atoms with Gasteiger partial charge in [-0.05, 0) is 35.9 Å². The predicted molar refractivity (Wildman–Crippen MR) is 82.1 cm³/mol. The van der Waals surface area contributed by atoms with Gasteiger partial charge in [0.2, 0.25) is 0 Å². The third kappa shape index (κ3) is 2.60. The van der Waals surface area contributed by atoms with Crippen LogP contribution >= 0.6 is 11.6 Å². The molecule has 114 valence electrons. The minimum Gasteiger partial charge on any atom is -0.496 e. The van der Waals surface area contributed by atoms with Crippen molar-refractivity contribution in [2.75, 3.05) is 25.2 Å². The van der Waals surface area contributed by atoms with Crippen LogP contribution in [0.5, 0.6) is 5.75 Å². The Morgan fingerprint density at radius 3 is 2.73 bits per heavy atom. The summed E-state index contributed by atoms with van der Waals surface area (Å²) in [4.78, 5) is 13.1. The number of anilines is 1. The Kier molecular flexibility index (Phi) is 3.90. The highest BCUT2D eigenvalue weighted by molar-refractivity contribution is 6.34. The van der Waals surface area contributed by atoms with Gasteiger partial charge in [-0.2, -0.15) is 0 Å². The summed E-state index contributed by atoms with van der Waals surface area (Å²) in [6.07, 6.45) is -0.419. The minimum absolute atomic E-state index is 0.342. The second-order valence-corrected chi connectivity index (χ2v) is 5.18. The molecule has 0 N–H and O–H groups in total. The van der Waals surface area contributed by atoms with Gasteiger partial charge in [0.25, 0.3) is 0 Å². The van der Waals surface area contributed by atoms with E-state index in [1.54, 1.807) is 24.3 Å². The third-order valence-corrected chi connectivity index (χ3v) is 3.77. The molecule has 0 saturated carbocycles. The Labute approximate surface area is 132 Å². The van der Waals surface area contributed by atoms with Gasteiger partial charge in [0.1, 0.15) is 18.2 Å². The minimum atomic E-state index is -0.419. The van der Waals surface area contributed by atoms with Gasteiger partial charge in [-0.15, -0.1) is 0 Å². The van der Waals surface area contributed by atoms with Crippen molar-refractivity contribution in [2.45, 2.75) is 0 Å². The molecule has 1 aliphatic rings. The number of cyclic esters (lactones) is 1. The van der Waals surface area contributed by atoms with Crippen molar-refractivity contribution in [3.63, 3.8) is 0 Å². The summed E-state index contributed by atoms with van der Waals surface area (Å²) in [6.45, 7) is 0.801. The summed E-state index contributed by atoms with van der Waals surface area (Å²) < 4.78 is 23.6. The molecule has 0 unspecified atom stereocenters. The summed E-state index contributed by atoms with van der Waals surface area (Å²) in [5.74, 6) is 0.185. The number of rotatable bonds is 3. The molecule has 1 saturated heterocycles. The average Bonchev–Trinajstić information content (AvgIpc) is 2.93. The number of hydrogen-bond donors (Lipinski definition) is 0. The molecule has 1 aliphatic heterocycles. The van der Waals surface area contributed by atoms with Crippen molar-refractivity contribution in [3.05, 3.63) is 47.2 Å². The molecule has 0 atom stereocenters. The quantitative estimate of drug-likeness (QED) is 0.854. The first-order chi connectivity index (χ1) is 10.6. The van der Waals surface area contributed by atoms with Crippen LogP contribution in [0.25, 0.3) is 11.1 Å². The summed E-state index contributed by atoms with van der Waals surface area (Å²) in [7, 11) is 1.52. The van der Waals surface area contributed by atoms with Gasteiger partial charge in [0, 0.05) is 5.56 Å². The third-order valence-electron chi connectivity index (χ3n) is 3.47. The molecular weight excluding hydrogens is 309 g/mol. The van der Waals surface area contributed by atoms with Crippen LogP contribution in [0.2, 0.25) is 5.02 Å². The number of hydrogen-bond acceptors (Lipinski definition) is 3. The van der Waals surface area contributed by atoms with E-state index >= 15 is 0 Å². The molecule has 1 amide bonds. The van der Waals surface area contributed by atoms with Gasteiger partial charge >= 0.3 is 6.09 Å². The van der Waals surface area contributed by atoms with E-state index in [-0.39, 0.29) is 5.82 Å². The molecule has 22 heavy (non-hydrogen) atoms. The van der Waals surface area contributed by atoms with E-state index in [0.717, 1.165) is 0 Å². The van der Waals surface area contributed by atoms with Gasteiger partial charge in [-0.3, -0.25) is 4.90 Å². The van der Waals surface area contributed by atoms with E-state index in [4.69, 9.17) is 21.1 Å². The number of halogens is 2. The van der Waals surface area contributed by atoms with E-state index in [9.17, 15) is 9.18 Å². The zero-order chi connectivity index (χ0) is 15.7. The fourth-order valence-electron chi connectivity index (χ4n) is 2.41. The lowest BCUT2D eigenvalue weighted by atomic mass is 10.0. The van der Waals surface area contributed by atoms with Crippen LogP contribution < -0.4 is 9.64 Å². The number of nitrogens with zero attached hydrogens (tertiary/aromatic N) is 1. The van der Waals surface area contributed by atoms with Crippen LogP contribution in [0.15, 0.2) is 36.4 Å². The highest BCUT2D eigenvalue weighted by Crippen LogP contribution is 2.36. The number of carbonyl (C=O) groups excluding carboxylic acids is 1. The van der Waals surface area contributed by atoms with Crippen LogP contribution in [0.1, 0.15) is 0 Å². The topological polar surface area (TPSA) is 38.8 Å². The van der Waals surface area contributed by atoms with Gasteiger partial charge in [0.15, 0.2) is 0 Å². The van der Waals surface area contributed by atoms with Gasteiger partial charge in [0.05, 0.1) is 24.4 Å². The number of ether oxygens (including phenoxy) is 2. The van der Waals surface area contributed by atoms with Gasteiger partial charge in [-0.1, -0.05) is 17.7 Å². The molecule has 2 aromatic rings. The first kappa shape index (κ1) is 14.7. The van der Waals surface area contributed by atoms with Crippen molar-refractivity contribution in [2.24, 2.45) is 0 Å². The molecule has 2 aromatic carbocycles. The Morgan fingerprint density at radius 1 is 1.27 bits per heavy atom. The van der Waals surface area contributed by atoms with E-state index < -0.39 is 6.09 Å². The maximum Gasteiger partial charge on any atom is 0.414 e. The summed E-state index contributed by atoms with van der Waals surface area (Å²) in [5, 5.41) is 0.391. The lowest BCUT2D eigenvalue weighted by molar-refractivity contribution is 0.181. The summed E-state index contributed by atoms with van der Waals surface area (Å²) >= 11 is 6.28. The molecular formula is C16H13ClFNO3. The fourth-order valence-corrected chi connectivity index (χ4v) is 2.69. The van der Waals surface area contributed by atoms with Crippen molar-refractivity contribution in [3.8, 4) is 16.9 Å². The summed E-state index contributed by atoms with van der Waals surface area (Å²) in [5.41, 5.74) is 1.88. The van der Waals surface area contributed by atoms with Crippen LogP contribution in [-0.4, -0.2) is 26.4 Å². The molecule has 3 rings (SSSR count). The number of amides is 1. The first-order valence-corrected chi connectivity index (χ1v) is 7.05. The first-order valence-electron chi connectivity index (χ1n) is 6.68. The molecule has 0 radical (unpaired) electrons. The average molecular weight is 322 g/mol. The monoisotopic (exact) mass is 321 g/mol. The van der Waals surface area contributed by atoms with Crippen LogP contribution in [0, 0.1) is 5.82 Å². The van der Waals surface area contributed by atoms with E-state index in [0.29, 0.717) is 40.7 Å². The fraction of sp³-hybridized carbons (Fsp3) is 0.188. The zero-order valence-corrected chi connectivity index (χ0v) is 12.6. The normalized spacial score (nSPS) is 14.1. The molecule has 0 aromatic heterocycles. The molecule has 4 nitrogen and oxygen atoms in total. The van der Waals surface area contributed by atoms with Crippen LogP contribution in [0.4, 0.5) is 14.9 Å². The van der Waals surface area contributed by atoms with E-state index in [1.807, 2.05) is 0 Å². The largest absolute Gasteiger partial charge is 0.496 e. The highest BCUT2D eigenvalue weighted by atomic mass is 35.5. The maximum atomic E-state index is 13.5. The smallest absolute Gasteiger partial charge is 0.414 e. The summed E-state index contributed by atoms with van der Waals surface area (Å²) in [6, 6.07) is 9.44. The lowest BCUT2D eigenvalue weighted by Crippen LogP contribution is -2.23. The molecule has 6 heteroatoms. The molecule has 0 spiro atoms. The Balaban J connectivity index is 2.02. The standard InChI is InChI=1S/C16H13ClFNO3/c1-21-15-5-3-11(18)9-12(15)10-2-4-14(13(17)8-10)19-6-7-22-16(19)20/h2-5,8-9H,6-7H2,1H3. The number of methoxy groups -OCH3 is 1. The second-order valence-electron chi connectivity index (χ2n) is 4.78. The van der Waals surface area contributed by atoms with Crippen molar-refractivity contribution < 1.29 is 18.7 Å². The van der Waals surface area contributed by atoms with Crippen LogP contribution in [0.3, 0.4) is 0 Å². The van der Waals surface area contributed by atoms with Gasteiger partial charge < -0.3 is 9.47 Å². The molecule has 0 bridgehead atoms. The number of benzene rings is 2. The Bertz CT molecular complexity index is 735. The zero-order valence-electron chi connectivity index (χ0n) is 11.8.